The van der Waals surface area contributed by atoms with Gasteiger partial charge in [0.15, 0.2) is 6.29 Å². The fraction of sp³-hybridized carbons (Fsp3) is 0.698. The van der Waals surface area contributed by atoms with Crippen molar-refractivity contribution in [2.24, 2.45) is 0 Å². The SMILES string of the molecule is CC/C=C\C/C=C\C/C=C\C/C=C\C/C=C\C/C=C\CCCCCCCCCCCCCCCCC(=O)NC(COC1OC(CO)C(O)C(O)C1O)C(O)/C=C/CC/C=C/CC/C=C/CCCCCCCC. The molecular weight excluding hydrogens is 899 g/mol. The second-order valence-corrected chi connectivity index (χ2v) is 19.7. The molecule has 1 saturated heterocycles. The van der Waals surface area contributed by atoms with E-state index in [0.29, 0.717) is 6.42 Å². The van der Waals surface area contributed by atoms with E-state index in [-0.39, 0.29) is 12.5 Å². The second-order valence-electron chi connectivity index (χ2n) is 19.7. The Morgan fingerprint density at radius 3 is 1.33 bits per heavy atom. The van der Waals surface area contributed by atoms with Crippen molar-refractivity contribution in [1.29, 1.82) is 0 Å². The summed E-state index contributed by atoms with van der Waals surface area (Å²) in [6.07, 6.45) is 68.7. The van der Waals surface area contributed by atoms with E-state index in [0.717, 1.165) is 89.9 Å². The molecule has 0 aromatic rings. The molecule has 1 amide bonds. The first-order chi connectivity index (χ1) is 35.3. The lowest BCUT2D eigenvalue weighted by Gasteiger charge is -2.40. The zero-order valence-electron chi connectivity index (χ0n) is 45.6. The molecule has 72 heavy (non-hydrogen) atoms. The van der Waals surface area contributed by atoms with Crippen molar-refractivity contribution in [1.82, 2.24) is 5.32 Å². The number of allylic oxidation sites excluding steroid dienone is 17. The van der Waals surface area contributed by atoms with E-state index >= 15 is 0 Å². The minimum absolute atomic E-state index is 0.196. The van der Waals surface area contributed by atoms with Crippen molar-refractivity contribution in [2.45, 2.75) is 269 Å². The fourth-order valence-corrected chi connectivity index (χ4v) is 8.49. The Morgan fingerprint density at radius 1 is 0.486 bits per heavy atom. The van der Waals surface area contributed by atoms with Crippen LogP contribution in [0.3, 0.4) is 0 Å². The van der Waals surface area contributed by atoms with E-state index in [4.69, 9.17) is 9.47 Å². The molecule has 1 fully saturated rings. The third kappa shape index (κ3) is 40.3. The van der Waals surface area contributed by atoms with Gasteiger partial charge in [-0.3, -0.25) is 4.79 Å². The number of unbranched alkanes of at least 4 members (excludes halogenated alkanes) is 22. The maximum atomic E-state index is 13.0. The lowest BCUT2D eigenvalue weighted by atomic mass is 9.99. The van der Waals surface area contributed by atoms with Crippen molar-refractivity contribution in [2.75, 3.05) is 13.2 Å². The molecule has 1 heterocycles. The van der Waals surface area contributed by atoms with E-state index in [1.54, 1.807) is 6.08 Å². The van der Waals surface area contributed by atoms with Crippen molar-refractivity contribution in [3.63, 3.8) is 0 Å². The highest BCUT2D eigenvalue weighted by molar-refractivity contribution is 5.76. The molecule has 7 atom stereocenters. The standard InChI is InChI=1S/C63H107NO8/c1-3-5-7-9-11-13-15-17-19-21-22-23-24-25-26-27-28-29-30-31-32-33-34-35-36-37-39-41-43-45-47-49-51-53-59(67)64-56(55-71-63-62(70)61(69)60(68)58(54-65)72-63)57(66)52-50-48-46-44-42-40-38-20-18-16-14-12-10-8-6-4-2/h5,7,11,13,17-20,22-23,25-26,28-29,42,44,50,52,56-58,60-63,65-66,68-70H,3-4,6,8-10,12,14-16,21,24,27,30-41,43,45-49,51,53-55H2,1-2H3,(H,64,67)/b7-5-,13-11-,19-17-,20-18+,23-22-,26-25-,29-28-,44-42+,52-50+. The summed E-state index contributed by atoms with van der Waals surface area (Å²) < 4.78 is 11.2. The van der Waals surface area contributed by atoms with Crippen molar-refractivity contribution in [3.05, 3.63) is 109 Å². The molecule has 412 valence electrons. The smallest absolute Gasteiger partial charge is 0.220 e. The van der Waals surface area contributed by atoms with E-state index in [9.17, 15) is 30.3 Å². The van der Waals surface area contributed by atoms with Crippen LogP contribution in [0.5, 0.6) is 0 Å². The van der Waals surface area contributed by atoms with Gasteiger partial charge < -0.3 is 40.3 Å². The highest BCUT2D eigenvalue weighted by Crippen LogP contribution is 2.23. The Morgan fingerprint density at radius 2 is 0.875 bits per heavy atom. The van der Waals surface area contributed by atoms with Crippen LogP contribution in [0.2, 0.25) is 0 Å². The first kappa shape index (κ1) is 66.9. The summed E-state index contributed by atoms with van der Waals surface area (Å²) in [6, 6.07) is -0.834. The molecule has 0 radical (unpaired) electrons. The van der Waals surface area contributed by atoms with Gasteiger partial charge in [-0.25, -0.2) is 0 Å². The minimum atomic E-state index is -1.58. The maximum Gasteiger partial charge on any atom is 0.220 e. The van der Waals surface area contributed by atoms with Crippen LogP contribution in [0.1, 0.15) is 226 Å². The number of ether oxygens (including phenoxy) is 2. The number of carbonyl (C=O) groups excluding carboxylic acids is 1. The number of hydrogen-bond acceptors (Lipinski definition) is 8. The van der Waals surface area contributed by atoms with Crippen LogP contribution in [0.15, 0.2) is 109 Å². The lowest BCUT2D eigenvalue weighted by Crippen LogP contribution is -2.60. The van der Waals surface area contributed by atoms with Gasteiger partial charge in [-0.05, 0) is 96.3 Å². The monoisotopic (exact) mass is 1010 g/mol. The van der Waals surface area contributed by atoms with Gasteiger partial charge in [0.1, 0.15) is 24.4 Å². The lowest BCUT2D eigenvalue weighted by molar-refractivity contribution is -0.302. The molecule has 1 aliphatic heterocycles. The number of hydrogen-bond donors (Lipinski definition) is 6. The predicted octanol–water partition coefficient (Wildman–Crippen LogP) is 14.6. The number of rotatable bonds is 48. The molecule has 0 aromatic heterocycles. The van der Waals surface area contributed by atoms with Gasteiger partial charge in [0.25, 0.3) is 0 Å². The van der Waals surface area contributed by atoms with Gasteiger partial charge in [-0.15, -0.1) is 0 Å². The Labute approximate surface area is 440 Å². The Kier molecular flexibility index (Phi) is 47.7. The van der Waals surface area contributed by atoms with Gasteiger partial charge in [-0.2, -0.15) is 0 Å². The number of amides is 1. The number of aliphatic hydroxyl groups is 5. The molecule has 0 aliphatic carbocycles. The van der Waals surface area contributed by atoms with E-state index < -0.39 is 49.5 Å². The Bertz CT molecular complexity index is 1490. The largest absolute Gasteiger partial charge is 0.394 e. The van der Waals surface area contributed by atoms with Crippen LogP contribution < -0.4 is 5.32 Å². The van der Waals surface area contributed by atoms with Crippen molar-refractivity contribution < 1.29 is 39.8 Å². The van der Waals surface area contributed by atoms with Gasteiger partial charge >= 0.3 is 0 Å². The molecule has 0 aromatic carbocycles. The second kappa shape index (κ2) is 51.3. The Hall–Kier alpha value is -3.15. The van der Waals surface area contributed by atoms with Crippen LogP contribution >= 0.6 is 0 Å². The fourth-order valence-electron chi connectivity index (χ4n) is 8.49. The van der Waals surface area contributed by atoms with Crippen LogP contribution in [0.4, 0.5) is 0 Å². The molecule has 1 aliphatic rings. The molecule has 6 N–H and O–H groups in total. The van der Waals surface area contributed by atoms with E-state index in [2.05, 4.69) is 116 Å². The van der Waals surface area contributed by atoms with Crippen molar-refractivity contribution >= 4 is 5.91 Å². The summed E-state index contributed by atoms with van der Waals surface area (Å²) >= 11 is 0. The zero-order valence-corrected chi connectivity index (χ0v) is 45.6. The van der Waals surface area contributed by atoms with E-state index in [1.165, 1.54) is 116 Å². The number of carbonyl (C=O) groups is 1. The quantitative estimate of drug-likeness (QED) is 0.0261. The molecule has 1 rings (SSSR count). The molecular formula is C63H107NO8. The molecule has 9 heteroatoms. The van der Waals surface area contributed by atoms with E-state index in [1.807, 2.05) is 6.08 Å². The third-order valence-corrected chi connectivity index (χ3v) is 13.1. The third-order valence-electron chi connectivity index (χ3n) is 13.1. The normalized spacial score (nSPS) is 20.0. The Balaban J connectivity index is 2.19. The summed E-state index contributed by atoms with van der Waals surface area (Å²) in [5.41, 5.74) is 0. The van der Waals surface area contributed by atoms with Crippen molar-refractivity contribution in [3.8, 4) is 0 Å². The zero-order chi connectivity index (χ0) is 52.2. The predicted molar refractivity (Wildman–Crippen MR) is 304 cm³/mol. The topological polar surface area (TPSA) is 149 Å². The van der Waals surface area contributed by atoms with Gasteiger partial charge in [-0.1, -0.05) is 232 Å². The van der Waals surface area contributed by atoms with Crippen LogP contribution in [0.25, 0.3) is 0 Å². The first-order valence-corrected chi connectivity index (χ1v) is 29.1. The van der Waals surface area contributed by atoms with Crippen LogP contribution in [-0.2, 0) is 14.3 Å². The average Bonchev–Trinajstić information content (AvgIpc) is 3.38. The van der Waals surface area contributed by atoms with Gasteiger partial charge in [0.05, 0.1) is 25.4 Å². The summed E-state index contributed by atoms with van der Waals surface area (Å²) in [4.78, 5) is 13.0. The highest BCUT2D eigenvalue weighted by Gasteiger charge is 2.44. The molecule has 7 unspecified atom stereocenters. The first-order valence-electron chi connectivity index (χ1n) is 29.1. The molecule has 0 spiro atoms. The van der Waals surface area contributed by atoms with Gasteiger partial charge in [0, 0.05) is 6.42 Å². The summed E-state index contributed by atoms with van der Waals surface area (Å²) in [6.45, 7) is 3.63. The number of nitrogens with one attached hydrogen (secondary N) is 1. The minimum Gasteiger partial charge on any atom is -0.394 e. The number of aliphatic hydroxyl groups excluding tert-OH is 5. The summed E-state index contributed by atoms with van der Waals surface area (Å²) in [5.74, 6) is -0.196. The molecule has 0 saturated carbocycles. The maximum absolute atomic E-state index is 13.0. The highest BCUT2D eigenvalue weighted by atomic mass is 16.7. The summed E-state index contributed by atoms with van der Waals surface area (Å²) in [5, 5.41) is 54.4. The van der Waals surface area contributed by atoms with Crippen LogP contribution in [-0.4, -0.2) is 87.5 Å². The van der Waals surface area contributed by atoms with Crippen LogP contribution in [0, 0.1) is 0 Å². The summed E-state index contributed by atoms with van der Waals surface area (Å²) in [7, 11) is 0. The average molecular weight is 1010 g/mol. The molecule has 9 nitrogen and oxygen atoms in total. The molecule has 0 bridgehead atoms. The van der Waals surface area contributed by atoms with Gasteiger partial charge in [0.2, 0.25) is 5.91 Å².